The van der Waals surface area contributed by atoms with E-state index >= 15 is 0 Å². The molecule has 0 aliphatic carbocycles. The van der Waals surface area contributed by atoms with Gasteiger partial charge in [-0.25, -0.2) is 4.98 Å². The Morgan fingerprint density at radius 1 is 1.17 bits per heavy atom. The number of pyridine rings is 1. The van der Waals surface area contributed by atoms with E-state index in [4.69, 9.17) is 27.7 Å². The van der Waals surface area contributed by atoms with Gasteiger partial charge in [0.2, 0.25) is 5.91 Å². The number of carbonyl (C=O) groups excluding carboxylic acids is 2. The van der Waals surface area contributed by atoms with Crippen LogP contribution in [-0.4, -0.2) is 30.5 Å². The van der Waals surface area contributed by atoms with Crippen LogP contribution in [0.4, 0.5) is 17.2 Å². The summed E-state index contributed by atoms with van der Waals surface area (Å²) in [7, 11) is 1.54. The van der Waals surface area contributed by atoms with Gasteiger partial charge in [-0.05, 0) is 35.4 Å². The average Bonchev–Trinajstić information content (AvgIpc) is 3.18. The molecule has 0 aliphatic heterocycles. The zero-order valence-electron chi connectivity index (χ0n) is 18.6. The van der Waals surface area contributed by atoms with Crippen molar-refractivity contribution in [2.24, 2.45) is 11.5 Å². The fourth-order valence-electron chi connectivity index (χ4n) is 3.82. The quantitative estimate of drug-likeness (QED) is 0.273. The van der Waals surface area contributed by atoms with Crippen molar-refractivity contribution in [3.05, 3.63) is 52.9 Å². The number of rotatable bonds is 6. The number of hydrogen-bond donors (Lipinski definition) is 5. The van der Waals surface area contributed by atoms with E-state index in [9.17, 15) is 14.9 Å². The molecule has 11 heteroatoms. The van der Waals surface area contributed by atoms with Crippen molar-refractivity contribution < 1.29 is 14.3 Å². The van der Waals surface area contributed by atoms with E-state index in [1.165, 1.54) is 7.11 Å². The molecule has 9 N–H and O–H groups in total. The fraction of sp³-hybridized carbons (Fsp3) is 0.0833. The van der Waals surface area contributed by atoms with Gasteiger partial charge in [-0.3, -0.25) is 9.59 Å². The molecule has 0 unspecified atom stereocenters. The summed E-state index contributed by atoms with van der Waals surface area (Å²) in [6.45, 7) is -0.144. The van der Waals surface area contributed by atoms with Crippen molar-refractivity contribution in [1.29, 1.82) is 5.26 Å². The largest absolute Gasteiger partial charge is 0.496 e. The number of nitrogens with two attached hydrogens (primary N) is 4. The van der Waals surface area contributed by atoms with Gasteiger partial charge in [0.15, 0.2) is 0 Å². The van der Waals surface area contributed by atoms with Crippen molar-refractivity contribution in [1.82, 2.24) is 4.98 Å². The number of hydrogen-bond acceptors (Lipinski definition) is 9. The predicted molar refractivity (Wildman–Crippen MR) is 137 cm³/mol. The van der Waals surface area contributed by atoms with Crippen LogP contribution in [0.15, 0.2) is 42.5 Å². The van der Waals surface area contributed by atoms with E-state index in [-0.39, 0.29) is 34.4 Å². The first-order valence-corrected chi connectivity index (χ1v) is 11.1. The van der Waals surface area contributed by atoms with Crippen LogP contribution >= 0.6 is 11.3 Å². The van der Waals surface area contributed by atoms with Gasteiger partial charge >= 0.3 is 0 Å². The second-order valence-electron chi connectivity index (χ2n) is 7.50. The van der Waals surface area contributed by atoms with Gasteiger partial charge in [-0.1, -0.05) is 18.2 Å². The number of amides is 2. The van der Waals surface area contributed by atoms with E-state index in [0.29, 0.717) is 38.3 Å². The number of nitrogens with zero attached hydrogens (tertiary/aromatic N) is 2. The Kier molecular flexibility index (Phi) is 6.24. The molecule has 2 aromatic carbocycles. The summed E-state index contributed by atoms with van der Waals surface area (Å²) in [4.78, 5) is 28.5. The number of methoxy groups -OCH3 is 1. The maximum absolute atomic E-state index is 11.9. The first-order chi connectivity index (χ1) is 16.8. The molecule has 0 bridgehead atoms. The lowest BCUT2D eigenvalue weighted by atomic mass is 9.93. The molecule has 4 aromatic rings. The van der Waals surface area contributed by atoms with Gasteiger partial charge in [0.05, 0.1) is 19.3 Å². The highest BCUT2D eigenvalue weighted by molar-refractivity contribution is 7.21. The lowest BCUT2D eigenvalue weighted by Gasteiger charge is -2.15. The molecule has 0 saturated carbocycles. The molecule has 0 radical (unpaired) electrons. The maximum atomic E-state index is 11.9. The summed E-state index contributed by atoms with van der Waals surface area (Å²) in [6.07, 6.45) is 0. The van der Waals surface area contributed by atoms with E-state index in [1.54, 1.807) is 30.3 Å². The standard InChI is InChI=1S/C24H21N7O3S/c1-34-16-6-5-12(8-14(16)11-3-2-4-13(7-11)30-17(32)10-26)18-15(9-25)22(28)31-24-19(18)20(27)21(35-24)23(29)33/h2-8H,10,26-27H2,1H3,(H2,28,31)(H2,29,33)(H,30,32). The summed E-state index contributed by atoms with van der Waals surface area (Å²) in [5.41, 5.74) is 26.6. The molecule has 2 amide bonds. The Morgan fingerprint density at radius 2 is 1.94 bits per heavy atom. The number of primary amides is 1. The highest BCUT2D eigenvalue weighted by Crippen LogP contribution is 2.44. The van der Waals surface area contributed by atoms with Gasteiger partial charge in [0, 0.05) is 22.2 Å². The Hall–Kier alpha value is -4.66. The number of thiophene rings is 1. The molecule has 0 spiro atoms. The highest BCUT2D eigenvalue weighted by atomic mass is 32.1. The van der Waals surface area contributed by atoms with Gasteiger partial charge in [0.1, 0.15) is 32.9 Å². The minimum absolute atomic E-state index is 0.0103. The molecule has 176 valence electrons. The second-order valence-corrected chi connectivity index (χ2v) is 8.50. The zero-order valence-corrected chi connectivity index (χ0v) is 19.4. The summed E-state index contributed by atoms with van der Waals surface area (Å²) in [5, 5.41) is 13.0. The molecule has 0 fully saturated rings. The number of nitrogen functional groups attached to an aromatic ring is 2. The van der Waals surface area contributed by atoms with Crippen LogP contribution in [0.2, 0.25) is 0 Å². The molecule has 10 nitrogen and oxygen atoms in total. The molecule has 2 heterocycles. The summed E-state index contributed by atoms with van der Waals surface area (Å²) in [5.74, 6) is -0.449. The molecule has 4 rings (SSSR count). The van der Waals surface area contributed by atoms with Gasteiger partial charge in [0.25, 0.3) is 5.91 Å². The van der Waals surface area contributed by atoms with Crippen LogP contribution in [-0.2, 0) is 4.79 Å². The van der Waals surface area contributed by atoms with Crippen LogP contribution in [0.1, 0.15) is 15.2 Å². The van der Waals surface area contributed by atoms with Crippen molar-refractivity contribution in [3.63, 3.8) is 0 Å². The van der Waals surface area contributed by atoms with Crippen molar-refractivity contribution in [2.45, 2.75) is 0 Å². The van der Waals surface area contributed by atoms with Gasteiger partial charge in [-0.2, -0.15) is 5.26 Å². The normalized spacial score (nSPS) is 10.7. The lowest BCUT2D eigenvalue weighted by molar-refractivity contribution is -0.114. The molecule has 35 heavy (non-hydrogen) atoms. The van der Waals surface area contributed by atoms with Gasteiger partial charge in [-0.15, -0.1) is 11.3 Å². The predicted octanol–water partition coefficient (Wildman–Crippen LogP) is 2.67. The summed E-state index contributed by atoms with van der Waals surface area (Å²) in [6, 6.07) is 14.6. The second kappa shape index (κ2) is 9.30. The minimum Gasteiger partial charge on any atom is -0.496 e. The smallest absolute Gasteiger partial charge is 0.260 e. The number of nitriles is 1. The van der Waals surface area contributed by atoms with Crippen LogP contribution in [0.25, 0.3) is 32.5 Å². The number of fused-ring (bicyclic) bond motifs is 1. The number of carbonyl (C=O) groups is 2. The number of benzene rings is 2. The zero-order chi connectivity index (χ0) is 25.3. The number of aromatic nitrogens is 1. The van der Waals surface area contributed by atoms with Crippen LogP contribution < -0.4 is 33.0 Å². The monoisotopic (exact) mass is 487 g/mol. The topological polar surface area (TPSA) is 196 Å². The Morgan fingerprint density at radius 3 is 2.60 bits per heavy atom. The molecular formula is C24H21N7O3S. The summed E-state index contributed by atoms with van der Waals surface area (Å²) >= 11 is 1.02. The molecular weight excluding hydrogens is 466 g/mol. The van der Waals surface area contributed by atoms with Crippen molar-refractivity contribution in [2.75, 3.05) is 30.4 Å². The van der Waals surface area contributed by atoms with Crippen LogP contribution in [0.3, 0.4) is 0 Å². The van der Waals surface area contributed by atoms with E-state index in [0.717, 1.165) is 16.9 Å². The number of nitrogens with one attached hydrogen (secondary N) is 1. The van der Waals surface area contributed by atoms with Crippen LogP contribution in [0.5, 0.6) is 5.75 Å². The maximum Gasteiger partial charge on any atom is 0.260 e. The van der Waals surface area contributed by atoms with E-state index in [1.807, 2.05) is 12.1 Å². The average molecular weight is 488 g/mol. The summed E-state index contributed by atoms with van der Waals surface area (Å²) < 4.78 is 5.57. The Labute approximate surface area is 204 Å². The molecule has 0 saturated heterocycles. The first kappa shape index (κ1) is 23.5. The number of ether oxygens (including phenoxy) is 1. The molecule has 2 aromatic heterocycles. The van der Waals surface area contributed by atoms with Crippen molar-refractivity contribution in [3.8, 4) is 34.1 Å². The lowest BCUT2D eigenvalue weighted by Crippen LogP contribution is -2.21. The van der Waals surface area contributed by atoms with Crippen LogP contribution in [0, 0.1) is 11.3 Å². The third kappa shape index (κ3) is 4.19. The van der Waals surface area contributed by atoms with Crippen molar-refractivity contribution >= 4 is 50.6 Å². The third-order valence-electron chi connectivity index (χ3n) is 5.37. The van der Waals surface area contributed by atoms with Gasteiger partial charge < -0.3 is 33.0 Å². The number of anilines is 3. The molecule has 0 aliphatic rings. The molecule has 0 atom stereocenters. The van der Waals surface area contributed by atoms with E-state index < -0.39 is 5.91 Å². The Balaban J connectivity index is 1.98. The SMILES string of the molecule is COc1ccc(-c2c(C#N)c(N)nc3sc(C(N)=O)c(N)c23)cc1-c1cccc(NC(=O)CN)c1. The fourth-order valence-corrected chi connectivity index (χ4v) is 4.78. The first-order valence-electron chi connectivity index (χ1n) is 10.3. The minimum atomic E-state index is -0.694. The Bertz CT molecular complexity index is 1540. The highest BCUT2D eigenvalue weighted by Gasteiger charge is 2.24. The van der Waals surface area contributed by atoms with E-state index in [2.05, 4.69) is 16.4 Å². The third-order valence-corrected chi connectivity index (χ3v) is 6.49.